The molecule has 2 aliphatic heterocycles. The minimum Gasteiger partial charge on any atom is -0.307 e. The van der Waals surface area contributed by atoms with Crippen molar-refractivity contribution in [3.63, 3.8) is 0 Å². The molecule has 2 aliphatic rings. The fraction of sp³-hybridized carbons (Fsp3) is 0.316. The summed E-state index contributed by atoms with van der Waals surface area (Å²) in [6.07, 6.45) is 7.26. The van der Waals surface area contributed by atoms with Gasteiger partial charge < -0.3 is 4.90 Å². The fourth-order valence-corrected chi connectivity index (χ4v) is 3.95. The monoisotopic (exact) mass is 374 g/mol. The Hall–Kier alpha value is -3.51. The number of nitriles is 1. The van der Waals surface area contributed by atoms with Gasteiger partial charge in [-0.25, -0.2) is 4.98 Å². The van der Waals surface area contributed by atoms with Crippen molar-refractivity contribution in [1.82, 2.24) is 30.0 Å². The Bertz CT molecular complexity index is 1070. The Balaban J connectivity index is 1.41. The smallest absolute Gasteiger partial charge is 0.247 e. The summed E-state index contributed by atoms with van der Waals surface area (Å²) in [5.74, 6) is 0.520. The first-order valence-electron chi connectivity index (χ1n) is 9.19. The number of benzene rings is 1. The number of anilines is 1. The number of nitrogens with one attached hydrogen (secondary N) is 1. The number of piperazine rings is 2. The molecule has 1 unspecified atom stereocenters. The minimum absolute atomic E-state index is 0.0230. The van der Waals surface area contributed by atoms with E-state index >= 15 is 0 Å². The normalized spacial score (nSPS) is 20.2. The van der Waals surface area contributed by atoms with Crippen molar-refractivity contribution in [1.29, 1.82) is 5.26 Å². The number of amides is 1. The molecule has 5 rings (SSSR count). The second kappa shape index (κ2) is 6.58. The molecular formula is C19H18N8O. The lowest BCUT2D eigenvalue weighted by Crippen LogP contribution is -2.64. The number of H-pyrrole nitrogens is 1. The van der Waals surface area contributed by atoms with Crippen LogP contribution < -0.4 is 4.90 Å². The van der Waals surface area contributed by atoms with Crippen molar-refractivity contribution in [2.24, 2.45) is 0 Å². The quantitative estimate of drug-likeness (QED) is 0.663. The molecule has 4 heterocycles. The minimum atomic E-state index is -0.302. The zero-order valence-electron chi connectivity index (χ0n) is 15.1. The van der Waals surface area contributed by atoms with Crippen LogP contribution in [0.2, 0.25) is 0 Å². The molecule has 3 aromatic rings. The van der Waals surface area contributed by atoms with E-state index in [0.717, 1.165) is 35.2 Å². The molecule has 2 fully saturated rings. The standard InChI is InChI=1S/C19H18N8O/c20-12-25-4-5-26-6-7-27(19(28)17(26)11-25)18-10-21-16(9-22-18)13-2-1-3-15-14(13)8-23-24-15/h1-3,8-10,17H,4-7,11H2,(H,23,24). The van der Waals surface area contributed by atoms with Crippen LogP contribution in [0.25, 0.3) is 22.2 Å². The topological polar surface area (TPSA) is 105 Å². The molecule has 1 atom stereocenters. The van der Waals surface area contributed by atoms with Gasteiger partial charge in [-0.2, -0.15) is 10.4 Å². The van der Waals surface area contributed by atoms with Gasteiger partial charge in [0, 0.05) is 37.1 Å². The van der Waals surface area contributed by atoms with Crippen molar-refractivity contribution < 1.29 is 4.79 Å². The van der Waals surface area contributed by atoms with E-state index in [1.807, 2.05) is 18.2 Å². The Morgan fingerprint density at radius 3 is 2.82 bits per heavy atom. The van der Waals surface area contributed by atoms with E-state index in [4.69, 9.17) is 5.26 Å². The van der Waals surface area contributed by atoms with Gasteiger partial charge in [0.15, 0.2) is 12.0 Å². The molecule has 1 N–H and O–H groups in total. The largest absolute Gasteiger partial charge is 0.307 e. The molecule has 0 spiro atoms. The van der Waals surface area contributed by atoms with E-state index in [2.05, 4.69) is 31.3 Å². The van der Waals surface area contributed by atoms with Crippen molar-refractivity contribution in [3.05, 3.63) is 36.8 Å². The number of nitrogens with zero attached hydrogens (tertiary/aromatic N) is 7. The van der Waals surface area contributed by atoms with Gasteiger partial charge in [-0.15, -0.1) is 0 Å². The molecule has 2 aromatic heterocycles. The maximum atomic E-state index is 13.0. The summed E-state index contributed by atoms with van der Waals surface area (Å²) in [6, 6.07) is 5.58. The van der Waals surface area contributed by atoms with Crippen LogP contribution >= 0.6 is 0 Å². The van der Waals surface area contributed by atoms with E-state index < -0.39 is 0 Å². The predicted octanol–water partition coefficient (Wildman–Crippen LogP) is 0.834. The lowest BCUT2D eigenvalue weighted by atomic mass is 10.1. The van der Waals surface area contributed by atoms with Crippen LogP contribution in [0, 0.1) is 11.5 Å². The fourth-order valence-electron chi connectivity index (χ4n) is 3.95. The van der Waals surface area contributed by atoms with Gasteiger partial charge in [0.1, 0.15) is 6.04 Å². The molecule has 1 amide bonds. The van der Waals surface area contributed by atoms with Gasteiger partial charge in [-0.1, -0.05) is 12.1 Å². The molecule has 0 saturated carbocycles. The number of aromatic amines is 1. The summed E-state index contributed by atoms with van der Waals surface area (Å²) >= 11 is 0. The maximum absolute atomic E-state index is 13.0. The van der Waals surface area contributed by atoms with Crippen molar-refractivity contribution in [3.8, 4) is 17.5 Å². The second-order valence-electron chi connectivity index (χ2n) is 6.98. The van der Waals surface area contributed by atoms with E-state index in [0.29, 0.717) is 25.5 Å². The molecule has 9 heteroatoms. The zero-order chi connectivity index (χ0) is 19.1. The van der Waals surface area contributed by atoms with Crippen molar-refractivity contribution in [2.45, 2.75) is 6.04 Å². The summed E-state index contributed by atoms with van der Waals surface area (Å²) in [5.41, 5.74) is 2.61. The molecule has 140 valence electrons. The van der Waals surface area contributed by atoms with Crippen LogP contribution in [-0.4, -0.2) is 74.6 Å². The van der Waals surface area contributed by atoms with Crippen LogP contribution in [-0.2, 0) is 4.79 Å². The number of fused-ring (bicyclic) bond motifs is 2. The van der Waals surface area contributed by atoms with Gasteiger partial charge in [-0.3, -0.25) is 24.7 Å². The maximum Gasteiger partial charge on any atom is 0.247 e. The van der Waals surface area contributed by atoms with Gasteiger partial charge in [0.05, 0.1) is 36.3 Å². The first-order valence-corrected chi connectivity index (χ1v) is 9.19. The first-order chi connectivity index (χ1) is 13.7. The number of carbonyl (C=O) groups excluding carboxylic acids is 1. The highest BCUT2D eigenvalue weighted by Gasteiger charge is 2.39. The average Bonchev–Trinajstić information content (AvgIpc) is 3.23. The summed E-state index contributed by atoms with van der Waals surface area (Å²) in [6.45, 7) is 3.19. The van der Waals surface area contributed by atoms with E-state index in [9.17, 15) is 4.79 Å². The Morgan fingerprint density at radius 2 is 2.00 bits per heavy atom. The van der Waals surface area contributed by atoms with Gasteiger partial charge in [0.25, 0.3) is 0 Å². The van der Waals surface area contributed by atoms with Crippen molar-refractivity contribution >= 4 is 22.6 Å². The molecular weight excluding hydrogens is 356 g/mol. The molecule has 9 nitrogen and oxygen atoms in total. The van der Waals surface area contributed by atoms with Crippen LogP contribution in [0.3, 0.4) is 0 Å². The summed E-state index contributed by atoms with van der Waals surface area (Å²) in [5, 5.41) is 17.2. The SMILES string of the molecule is N#CN1CCN2CCN(c3cnc(-c4cccc5[nH]ncc45)cn3)C(=O)C2C1. The second-order valence-corrected chi connectivity index (χ2v) is 6.98. The zero-order valence-corrected chi connectivity index (χ0v) is 15.1. The van der Waals surface area contributed by atoms with Gasteiger partial charge >= 0.3 is 0 Å². The number of hydrogen-bond acceptors (Lipinski definition) is 7. The van der Waals surface area contributed by atoms with Crippen molar-refractivity contribution in [2.75, 3.05) is 37.6 Å². The Kier molecular flexibility index (Phi) is 3.91. The third-order valence-electron chi connectivity index (χ3n) is 5.47. The van der Waals surface area contributed by atoms with Crippen LogP contribution in [0.15, 0.2) is 36.8 Å². The van der Waals surface area contributed by atoms with E-state index in [1.165, 1.54) is 0 Å². The van der Waals surface area contributed by atoms with Crippen LogP contribution in [0.4, 0.5) is 5.82 Å². The number of aromatic nitrogens is 4. The first kappa shape index (κ1) is 16.6. The predicted molar refractivity (Wildman–Crippen MR) is 102 cm³/mol. The number of hydrogen-bond donors (Lipinski definition) is 1. The lowest BCUT2D eigenvalue weighted by molar-refractivity contribution is -0.127. The summed E-state index contributed by atoms with van der Waals surface area (Å²) < 4.78 is 0. The molecule has 0 bridgehead atoms. The number of rotatable bonds is 2. The summed E-state index contributed by atoms with van der Waals surface area (Å²) in [4.78, 5) is 27.5. The third kappa shape index (κ3) is 2.66. The van der Waals surface area contributed by atoms with Crippen LogP contribution in [0.1, 0.15) is 0 Å². The molecule has 2 saturated heterocycles. The Morgan fingerprint density at radius 1 is 1.11 bits per heavy atom. The highest BCUT2D eigenvalue weighted by atomic mass is 16.2. The van der Waals surface area contributed by atoms with Gasteiger partial charge in [-0.05, 0) is 6.07 Å². The summed E-state index contributed by atoms with van der Waals surface area (Å²) in [7, 11) is 0. The van der Waals surface area contributed by atoms with E-state index in [-0.39, 0.29) is 11.9 Å². The molecule has 1 aromatic carbocycles. The highest BCUT2D eigenvalue weighted by molar-refractivity contribution is 5.97. The molecule has 28 heavy (non-hydrogen) atoms. The van der Waals surface area contributed by atoms with Gasteiger partial charge in [0.2, 0.25) is 5.91 Å². The Labute approximate surface area is 161 Å². The third-order valence-corrected chi connectivity index (χ3v) is 5.47. The van der Waals surface area contributed by atoms with E-state index in [1.54, 1.807) is 28.4 Å². The lowest BCUT2D eigenvalue weighted by Gasteiger charge is -2.44. The average molecular weight is 374 g/mol. The molecule has 0 radical (unpaired) electrons. The van der Waals surface area contributed by atoms with Crippen LogP contribution in [0.5, 0.6) is 0 Å². The number of carbonyl (C=O) groups is 1. The highest BCUT2D eigenvalue weighted by Crippen LogP contribution is 2.27. The molecule has 0 aliphatic carbocycles.